The Labute approximate surface area is 227 Å². The number of hydrogen-bond acceptors (Lipinski definition) is 8. The Kier molecular flexibility index (Phi) is 6.84. The Morgan fingerprint density at radius 1 is 1.13 bits per heavy atom. The predicted molar refractivity (Wildman–Crippen MR) is 144 cm³/mol. The highest BCUT2D eigenvalue weighted by molar-refractivity contribution is 7.19. The van der Waals surface area contributed by atoms with Crippen molar-refractivity contribution >= 4 is 44.9 Å². The second-order valence-electron chi connectivity index (χ2n) is 10.3. The summed E-state index contributed by atoms with van der Waals surface area (Å²) in [5.74, 6) is 0.307. The van der Waals surface area contributed by atoms with E-state index in [0.717, 1.165) is 37.9 Å². The van der Waals surface area contributed by atoms with Crippen LogP contribution in [0.25, 0.3) is 10.2 Å². The third-order valence-corrected chi connectivity index (χ3v) is 8.90. The number of anilines is 3. The zero-order valence-corrected chi connectivity index (χ0v) is 21.9. The molecule has 1 amide bonds. The lowest BCUT2D eigenvalue weighted by molar-refractivity contribution is -0.134. The number of aromatic nitrogens is 2. The maximum atomic E-state index is 13.6. The number of fused-ring (bicyclic) bond motifs is 3. The molecule has 1 saturated heterocycles. The molecule has 2 fully saturated rings. The number of carbonyl (C=O) groups is 1. The van der Waals surface area contributed by atoms with Gasteiger partial charge in [0.15, 0.2) is 0 Å². The summed E-state index contributed by atoms with van der Waals surface area (Å²) in [5, 5.41) is 6.37. The van der Waals surface area contributed by atoms with E-state index in [1.807, 2.05) is 36.4 Å². The molecule has 1 aliphatic heterocycles. The SMILES string of the molecule is NC(=O)[C@H]1C2C=CC(C2)[C@H]1Nc1nc(Nc2ccc(OCCN3CCCC3)cc2)nc2cc(C(F)(F)F)sc12. The van der Waals surface area contributed by atoms with Crippen molar-refractivity contribution in [1.29, 1.82) is 0 Å². The summed E-state index contributed by atoms with van der Waals surface area (Å²) in [7, 11) is 0. The molecule has 2 unspecified atom stereocenters. The minimum atomic E-state index is -4.51. The van der Waals surface area contributed by atoms with Crippen molar-refractivity contribution < 1.29 is 22.7 Å². The van der Waals surface area contributed by atoms with Gasteiger partial charge in [-0.25, -0.2) is 4.98 Å². The molecule has 8 nitrogen and oxygen atoms in total. The van der Waals surface area contributed by atoms with Crippen LogP contribution >= 0.6 is 11.3 Å². The number of nitrogens with one attached hydrogen (secondary N) is 2. The molecule has 39 heavy (non-hydrogen) atoms. The minimum Gasteiger partial charge on any atom is -0.492 e. The molecular formula is C27H29F3N6O2S. The molecule has 206 valence electrons. The van der Waals surface area contributed by atoms with E-state index in [1.165, 1.54) is 12.8 Å². The Balaban J connectivity index is 1.23. The average molecular weight is 559 g/mol. The fraction of sp³-hybridized carbons (Fsp3) is 0.444. The topological polar surface area (TPSA) is 105 Å². The third-order valence-electron chi connectivity index (χ3n) is 7.73. The van der Waals surface area contributed by atoms with Crippen molar-refractivity contribution in [2.75, 3.05) is 36.9 Å². The summed E-state index contributed by atoms with van der Waals surface area (Å²) in [5.41, 5.74) is 6.52. The number of benzene rings is 1. The quantitative estimate of drug-likeness (QED) is 0.317. The Hall–Kier alpha value is -3.38. The number of primary amides is 1. The molecular weight excluding hydrogens is 529 g/mol. The molecule has 12 heteroatoms. The van der Waals surface area contributed by atoms with E-state index >= 15 is 0 Å². The van der Waals surface area contributed by atoms with Crippen molar-refractivity contribution in [3.05, 3.63) is 47.4 Å². The predicted octanol–water partition coefficient (Wildman–Crippen LogP) is 5.02. The molecule has 1 saturated carbocycles. The monoisotopic (exact) mass is 558 g/mol. The molecule has 3 aliphatic rings. The minimum absolute atomic E-state index is 0.0186. The Morgan fingerprint density at radius 3 is 2.59 bits per heavy atom. The van der Waals surface area contributed by atoms with Crippen LogP contribution in [-0.4, -0.2) is 53.1 Å². The molecule has 6 rings (SSSR count). The van der Waals surface area contributed by atoms with Crippen molar-refractivity contribution in [3.8, 4) is 5.75 Å². The number of ether oxygens (including phenoxy) is 1. The van der Waals surface area contributed by atoms with Gasteiger partial charge in [0.1, 0.15) is 23.1 Å². The van der Waals surface area contributed by atoms with Crippen LogP contribution < -0.4 is 21.1 Å². The summed E-state index contributed by atoms with van der Waals surface area (Å²) in [6.07, 6.45) is 2.76. The third kappa shape index (κ3) is 5.40. The number of hydrogen-bond donors (Lipinski definition) is 3. The first-order valence-corrected chi connectivity index (χ1v) is 13.9. The molecule has 4 atom stereocenters. The van der Waals surface area contributed by atoms with Gasteiger partial charge in [0.05, 0.1) is 16.1 Å². The average Bonchev–Trinajstić information content (AvgIpc) is 3.69. The number of allylic oxidation sites excluding steroid dienone is 1. The van der Waals surface area contributed by atoms with Crippen molar-refractivity contribution in [3.63, 3.8) is 0 Å². The van der Waals surface area contributed by atoms with Gasteiger partial charge < -0.3 is 21.1 Å². The second-order valence-corrected chi connectivity index (χ2v) is 11.4. The van der Waals surface area contributed by atoms with Gasteiger partial charge >= 0.3 is 6.18 Å². The van der Waals surface area contributed by atoms with Gasteiger partial charge in [-0.2, -0.15) is 18.2 Å². The zero-order valence-electron chi connectivity index (χ0n) is 21.1. The fourth-order valence-electron chi connectivity index (χ4n) is 5.85. The first kappa shape index (κ1) is 25.9. The normalized spacial score (nSPS) is 24.5. The highest BCUT2D eigenvalue weighted by atomic mass is 32.1. The van der Waals surface area contributed by atoms with E-state index in [1.54, 1.807) is 0 Å². The van der Waals surface area contributed by atoms with Crippen LogP contribution in [0.5, 0.6) is 5.75 Å². The van der Waals surface area contributed by atoms with Crippen LogP contribution in [0, 0.1) is 17.8 Å². The highest BCUT2D eigenvalue weighted by Crippen LogP contribution is 2.46. The summed E-state index contributed by atoms with van der Waals surface area (Å²) in [6.45, 7) is 3.72. The number of nitrogens with two attached hydrogens (primary N) is 1. The van der Waals surface area contributed by atoms with Gasteiger partial charge in [-0.1, -0.05) is 12.2 Å². The van der Waals surface area contributed by atoms with E-state index in [2.05, 4.69) is 25.5 Å². The zero-order chi connectivity index (χ0) is 27.1. The van der Waals surface area contributed by atoms with Gasteiger partial charge in [0, 0.05) is 18.3 Å². The molecule has 0 spiro atoms. The van der Waals surface area contributed by atoms with E-state index in [4.69, 9.17) is 10.5 Å². The second kappa shape index (κ2) is 10.3. The largest absolute Gasteiger partial charge is 0.492 e. The summed E-state index contributed by atoms with van der Waals surface area (Å²) < 4.78 is 46.8. The van der Waals surface area contributed by atoms with Gasteiger partial charge in [0.25, 0.3) is 0 Å². The number of likely N-dealkylation sites (tertiary alicyclic amines) is 1. The number of carbonyl (C=O) groups excluding carboxylic acids is 1. The molecule has 2 aliphatic carbocycles. The van der Waals surface area contributed by atoms with Crippen LogP contribution in [0.1, 0.15) is 24.1 Å². The maximum absolute atomic E-state index is 13.6. The molecule has 2 aromatic heterocycles. The number of thiophene rings is 1. The Morgan fingerprint density at radius 2 is 1.87 bits per heavy atom. The van der Waals surface area contributed by atoms with Crippen LogP contribution in [0.2, 0.25) is 0 Å². The number of halogens is 3. The van der Waals surface area contributed by atoms with Gasteiger partial charge in [-0.05, 0) is 74.5 Å². The van der Waals surface area contributed by atoms with Crippen LogP contribution in [-0.2, 0) is 11.0 Å². The molecule has 1 aromatic carbocycles. The van der Waals surface area contributed by atoms with E-state index < -0.39 is 22.9 Å². The first-order chi connectivity index (χ1) is 18.7. The Bertz CT molecular complexity index is 1390. The summed E-state index contributed by atoms with van der Waals surface area (Å²) in [4.78, 5) is 22.7. The van der Waals surface area contributed by atoms with Gasteiger partial charge in [-0.3, -0.25) is 9.69 Å². The van der Waals surface area contributed by atoms with E-state index in [0.29, 0.717) is 23.6 Å². The van der Waals surface area contributed by atoms with Crippen molar-refractivity contribution in [2.24, 2.45) is 23.5 Å². The summed E-state index contributed by atoms with van der Waals surface area (Å²) >= 11 is 0.583. The fourth-order valence-corrected chi connectivity index (χ4v) is 6.77. The molecule has 2 bridgehead atoms. The number of nitrogens with zero attached hydrogens (tertiary/aromatic N) is 3. The van der Waals surface area contributed by atoms with Crippen LogP contribution in [0.4, 0.5) is 30.6 Å². The highest BCUT2D eigenvalue weighted by Gasteiger charge is 2.48. The maximum Gasteiger partial charge on any atom is 0.425 e. The molecule has 3 heterocycles. The van der Waals surface area contributed by atoms with Crippen LogP contribution in [0.3, 0.4) is 0 Å². The van der Waals surface area contributed by atoms with E-state index in [9.17, 15) is 18.0 Å². The van der Waals surface area contributed by atoms with Crippen LogP contribution in [0.15, 0.2) is 42.5 Å². The smallest absolute Gasteiger partial charge is 0.425 e. The molecule has 0 radical (unpaired) electrons. The first-order valence-electron chi connectivity index (χ1n) is 13.1. The van der Waals surface area contributed by atoms with Gasteiger partial charge in [0.2, 0.25) is 11.9 Å². The standard InChI is InChI=1S/C27H29F3N6O2S/c28-27(29,30)20-14-19-23(39-20)25(34-22-16-4-3-15(13-16)21(22)24(31)37)35-26(33-19)32-17-5-7-18(8-6-17)38-12-11-36-9-1-2-10-36/h3-8,14-16,21-22H,1-2,9-13H2,(H2,31,37)(H2,32,33,34,35)/t15?,16?,21-,22+/m0/s1. The number of rotatable bonds is 9. The lowest BCUT2D eigenvalue weighted by Gasteiger charge is -2.27. The number of alkyl halides is 3. The lowest BCUT2D eigenvalue weighted by atomic mass is 9.88. The van der Waals surface area contributed by atoms with Gasteiger partial charge in [-0.15, -0.1) is 11.3 Å². The molecule has 3 aromatic rings. The van der Waals surface area contributed by atoms with Crippen molar-refractivity contribution in [1.82, 2.24) is 14.9 Å². The van der Waals surface area contributed by atoms with E-state index in [-0.39, 0.29) is 39.9 Å². The van der Waals surface area contributed by atoms with Crippen molar-refractivity contribution in [2.45, 2.75) is 31.5 Å². The molecule has 4 N–H and O–H groups in total. The lowest BCUT2D eigenvalue weighted by Crippen LogP contribution is -2.41. The number of amides is 1. The summed E-state index contributed by atoms with van der Waals surface area (Å²) in [6, 6.07) is 7.96.